The molecule has 0 saturated carbocycles. The molecule has 0 saturated heterocycles. The molecular formula is C11H20N4O. The molecule has 16 heavy (non-hydrogen) atoms. The van der Waals surface area contributed by atoms with Gasteiger partial charge in [0.25, 0.3) is 0 Å². The van der Waals surface area contributed by atoms with Gasteiger partial charge in [-0.15, -0.1) is 10.2 Å². The fourth-order valence-electron chi connectivity index (χ4n) is 1.99. The van der Waals surface area contributed by atoms with Crippen LogP contribution in [0.25, 0.3) is 0 Å². The van der Waals surface area contributed by atoms with E-state index in [1.807, 2.05) is 0 Å². The van der Waals surface area contributed by atoms with Crippen LogP contribution >= 0.6 is 0 Å². The molecule has 90 valence electrons. The first-order valence-electron chi connectivity index (χ1n) is 5.73. The summed E-state index contributed by atoms with van der Waals surface area (Å²) in [5, 5.41) is 8.45. The van der Waals surface area contributed by atoms with E-state index in [9.17, 15) is 0 Å². The van der Waals surface area contributed by atoms with E-state index in [4.69, 9.17) is 10.5 Å². The van der Waals surface area contributed by atoms with Crippen LogP contribution in [0.15, 0.2) is 0 Å². The Hall–Kier alpha value is -0.940. The Bertz CT molecular complexity index is 372. The molecule has 1 aromatic rings. The van der Waals surface area contributed by atoms with Crippen LogP contribution in [-0.4, -0.2) is 33.5 Å². The molecule has 0 radical (unpaired) electrons. The van der Waals surface area contributed by atoms with Crippen LogP contribution in [0.1, 0.15) is 31.9 Å². The first-order chi connectivity index (χ1) is 7.52. The van der Waals surface area contributed by atoms with Crippen molar-refractivity contribution in [2.24, 2.45) is 5.73 Å². The second kappa shape index (κ2) is 4.14. The molecule has 1 unspecified atom stereocenters. The zero-order chi connectivity index (χ0) is 11.8. The van der Waals surface area contributed by atoms with Gasteiger partial charge in [-0.05, 0) is 20.3 Å². The maximum Gasteiger partial charge on any atom is 0.135 e. The van der Waals surface area contributed by atoms with Crippen molar-refractivity contribution in [2.75, 3.05) is 7.11 Å². The van der Waals surface area contributed by atoms with Crippen molar-refractivity contribution in [1.82, 2.24) is 14.8 Å². The number of nitrogens with two attached hydrogens (primary N) is 1. The highest BCUT2D eigenvalue weighted by Gasteiger charge is 2.25. The highest BCUT2D eigenvalue weighted by Crippen LogP contribution is 2.19. The number of rotatable bonds is 3. The minimum Gasteiger partial charge on any atom is -0.378 e. The van der Waals surface area contributed by atoms with E-state index in [-0.39, 0.29) is 11.6 Å². The van der Waals surface area contributed by atoms with E-state index in [1.54, 1.807) is 7.11 Å². The molecule has 0 fully saturated rings. The Morgan fingerprint density at radius 3 is 2.94 bits per heavy atom. The summed E-state index contributed by atoms with van der Waals surface area (Å²) in [6.45, 7) is 4.94. The third kappa shape index (κ3) is 2.25. The lowest BCUT2D eigenvalue weighted by molar-refractivity contribution is 0.0207. The second-order valence-electron chi connectivity index (χ2n) is 5.08. The summed E-state index contributed by atoms with van der Waals surface area (Å²) in [6, 6.07) is 0.230. The molecule has 1 aromatic heterocycles. The predicted molar refractivity (Wildman–Crippen MR) is 61.1 cm³/mol. The third-order valence-corrected chi connectivity index (χ3v) is 3.20. The van der Waals surface area contributed by atoms with Gasteiger partial charge in [0.1, 0.15) is 11.6 Å². The number of nitrogens with zero attached hydrogens (tertiary/aromatic N) is 3. The molecule has 2 heterocycles. The first-order valence-corrected chi connectivity index (χ1v) is 5.73. The molecule has 5 heteroatoms. The summed E-state index contributed by atoms with van der Waals surface area (Å²) in [4.78, 5) is 0. The molecule has 2 N–H and O–H groups in total. The van der Waals surface area contributed by atoms with Gasteiger partial charge in [-0.2, -0.15) is 0 Å². The third-order valence-electron chi connectivity index (χ3n) is 3.20. The summed E-state index contributed by atoms with van der Waals surface area (Å²) in [7, 11) is 1.72. The van der Waals surface area contributed by atoms with E-state index in [2.05, 4.69) is 28.6 Å². The van der Waals surface area contributed by atoms with Crippen LogP contribution < -0.4 is 5.73 Å². The first kappa shape index (κ1) is 11.5. The minimum absolute atomic E-state index is 0.203. The largest absolute Gasteiger partial charge is 0.378 e. The van der Waals surface area contributed by atoms with Crippen LogP contribution in [0.5, 0.6) is 0 Å². The summed E-state index contributed by atoms with van der Waals surface area (Å²) in [5.74, 6) is 2.04. The summed E-state index contributed by atoms with van der Waals surface area (Å²) < 4.78 is 7.56. The van der Waals surface area contributed by atoms with Crippen molar-refractivity contribution < 1.29 is 4.74 Å². The topological polar surface area (TPSA) is 66.0 Å². The molecule has 0 bridgehead atoms. The molecule has 2 rings (SSSR count). The van der Waals surface area contributed by atoms with Crippen molar-refractivity contribution in [1.29, 1.82) is 0 Å². The van der Waals surface area contributed by atoms with E-state index < -0.39 is 0 Å². The van der Waals surface area contributed by atoms with Gasteiger partial charge >= 0.3 is 0 Å². The molecule has 0 aliphatic carbocycles. The van der Waals surface area contributed by atoms with E-state index in [0.717, 1.165) is 37.5 Å². The van der Waals surface area contributed by atoms with Gasteiger partial charge < -0.3 is 15.0 Å². The van der Waals surface area contributed by atoms with Gasteiger partial charge in [-0.1, -0.05) is 0 Å². The number of fused-ring (bicyclic) bond motifs is 1. The fraction of sp³-hybridized carbons (Fsp3) is 0.818. The Balaban J connectivity index is 2.20. The summed E-state index contributed by atoms with van der Waals surface area (Å²) in [6.07, 6.45) is 2.70. The summed E-state index contributed by atoms with van der Waals surface area (Å²) in [5.41, 5.74) is 5.76. The Labute approximate surface area is 96.0 Å². The zero-order valence-corrected chi connectivity index (χ0v) is 10.2. The Morgan fingerprint density at radius 1 is 1.50 bits per heavy atom. The highest BCUT2D eigenvalue weighted by atomic mass is 16.5. The molecule has 0 amide bonds. The second-order valence-corrected chi connectivity index (χ2v) is 5.08. The number of aryl methyl sites for hydroxylation is 1. The Morgan fingerprint density at radius 2 is 2.25 bits per heavy atom. The molecule has 0 spiro atoms. The summed E-state index contributed by atoms with van der Waals surface area (Å²) >= 11 is 0. The van der Waals surface area contributed by atoms with E-state index in [1.165, 1.54) is 0 Å². The Kier molecular flexibility index (Phi) is 2.99. The molecule has 1 aliphatic rings. The van der Waals surface area contributed by atoms with Crippen LogP contribution in [0.4, 0.5) is 0 Å². The lowest BCUT2D eigenvalue weighted by atomic mass is 10.0. The van der Waals surface area contributed by atoms with Gasteiger partial charge in [0.05, 0.1) is 5.60 Å². The average molecular weight is 224 g/mol. The molecule has 1 atom stereocenters. The van der Waals surface area contributed by atoms with Gasteiger partial charge in [-0.25, -0.2) is 0 Å². The number of ether oxygens (including phenoxy) is 1. The van der Waals surface area contributed by atoms with Crippen molar-refractivity contribution in [3.8, 4) is 0 Å². The molecule has 1 aliphatic heterocycles. The van der Waals surface area contributed by atoms with Gasteiger partial charge in [-0.3, -0.25) is 0 Å². The maximum absolute atomic E-state index is 5.97. The lowest BCUT2D eigenvalue weighted by Crippen LogP contribution is -2.34. The van der Waals surface area contributed by atoms with Crippen LogP contribution in [0.2, 0.25) is 0 Å². The lowest BCUT2D eigenvalue weighted by Gasteiger charge is -2.25. The van der Waals surface area contributed by atoms with Crippen LogP contribution in [0, 0.1) is 0 Å². The normalized spacial score (nSPS) is 20.9. The van der Waals surface area contributed by atoms with Crippen LogP contribution in [0.3, 0.4) is 0 Å². The van der Waals surface area contributed by atoms with Gasteiger partial charge in [0.15, 0.2) is 0 Å². The number of methoxy groups -OCH3 is 1. The highest BCUT2D eigenvalue weighted by molar-refractivity contribution is 5.03. The van der Waals surface area contributed by atoms with Crippen LogP contribution in [-0.2, 0) is 24.1 Å². The van der Waals surface area contributed by atoms with Crippen molar-refractivity contribution in [3.63, 3.8) is 0 Å². The van der Waals surface area contributed by atoms with Crippen molar-refractivity contribution in [3.05, 3.63) is 11.6 Å². The van der Waals surface area contributed by atoms with Crippen molar-refractivity contribution >= 4 is 0 Å². The minimum atomic E-state index is -0.203. The fourth-order valence-corrected chi connectivity index (χ4v) is 1.99. The maximum atomic E-state index is 5.97. The average Bonchev–Trinajstić information content (AvgIpc) is 2.61. The van der Waals surface area contributed by atoms with Crippen molar-refractivity contribution in [2.45, 2.75) is 51.3 Å². The standard InChI is InChI=1S/C11H20N4O/c1-11(2,16-3)6-10-14-13-9-5-4-8(12)7-15(9)10/h8H,4-7,12H2,1-3H3. The number of aromatic nitrogens is 3. The molecule has 5 nitrogen and oxygen atoms in total. The van der Waals surface area contributed by atoms with Gasteiger partial charge in [0, 0.05) is 32.5 Å². The van der Waals surface area contributed by atoms with E-state index >= 15 is 0 Å². The smallest absolute Gasteiger partial charge is 0.135 e. The SMILES string of the molecule is COC(C)(C)Cc1nnc2n1CC(N)CC2. The monoisotopic (exact) mass is 224 g/mol. The zero-order valence-electron chi connectivity index (χ0n) is 10.2. The quantitative estimate of drug-likeness (QED) is 0.813. The number of hydrogen-bond acceptors (Lipinski definition) is 4. The number of hydrogen-bond donors (Lipinski definition) is 1. The predicted octanol–water partition coefficient (Wildman–Crippen LogP) is 0.519. The van der Waals surface area contributed by atoms with Gasteiger partial charge in [0.2, 0.25) is 0 Å². The molecule has 0 aromatic carbocycles. The van der Waals surface area contributed by atoms with E-state index in [0.29, 0.717) is 0 Å². The molecular weight excluding hydrogens is 204 g/mol.